The van der Waals surface area contributed by atoms with E-state index in [1.54, 1.807) is 6.92 Å². The van der Waals surface area contributed by atoms with Crippen molar-refractivity contribution in [3.8, 4) is 0 Å². The summed E-state index contributed by atoms with van der Waals surface area (Å²) in [5, 5.41) is 10.1. The van der Waals surface area contributed by atoms with Crippen molar-refractivity contribution in [2.45, 2.75) is 23.1 Å². The number of hydrogen-bond acceptors (Lipinski definition) is 5. The Labute approximate surface area is 109 Å². The van der Waals surface area contributed by atoms with Gasteiger partial charge in [-0.2, -0.15) is 0 Å². The Morgan fingerprint density at radius 1 is 1.61 bits per heavy atom. The lowest BCUT2D eigenvalue weighted by atomic mass is 10.0. The predicted molar refractivity (Wildman–Crippen MR) is 65.4 cm³/mol. The Kier molecular flexibility index (Phi) is 3.45. The van der Waals surface area contributed by atoms with Crippen molar-refractivity contribution in [3.05, 3.63) is 17.0 Å². The van der Waals surface area contributed by atoms with E-state index in [0.717, 1.165) is 17.4 Å². The van der Waals surface area contributed by atoms with Gasteiger partial charge in [0.2, 0.25) is 0 Å². The van der Waals surface area contributed by atoms with E-state index < -0.39 is 21.5 Å². The standard InChI is InChI=1S/C10H13NO5S2/c1-10(2-3-16-6-10)11-18(14,15)8-4-7(5-17-8)9(12)13/h4-5,11H,2-3,6H2,1H3,(H,12,13). The maximum Gasteiger partial charge on any atom is 0.336 e. The van der Waals surface area contributed by atoms with Crippen LogP contribution in [0.2, 0.25) is 0 Å². The molecule has 2 N–H and O–H groups in total. The lowest BCUT2D eigenvalue weighted by molar-refractivity contribution is 0.0697. The number of carboxylic acids is 1. The minimum absolute atomic E-state index is 0.00743. The van der Waals surface area contributed by atoms with Crippen molar-refractivity contribution in [2.75, 3.05) is 13.2 Å². The molecule has 18 heavy (non-hydrogen) atoms. The van der Waals surface area contributed by atoms with E-state index >= 15 is 0 Å². The number of sulfonamides is 1. The summed E-state index contributed by atoms with van der Waals surface area (Å²) >= 11 is 0.895. The molecule has 6 nitrogen and oxygen atoms in total. The third-order valence-corrected chi connectivity index (χ3v) is 5.76. The fourth-order valence-electron chi connectivity index (χ4n) is 1.69. The Morgan fingerprint density at radius 2 is 2.33 bits per heavy atom. The van der Waals surface area contributed by atoms with Gasteiger partial charge in [0.05, 0.1) is 17.7 Å². The Balaban J connectivity index is 2.22. The van der Waals surface area contributed by atoms with E-state index in [1.165, 1.54) is 5.38 Å². The van der Waals surface area contributed by atoms with Crippen LogP contribution in [0.25, 0.3) is 0 Å². The lowest BCUT2D eigenvalue weighted by Crippen LogP contribution is -2.46. The average molecular weight is 291 g/mol. The van der Waals surface area contributed by atoms with Crippen molar-refractivity contribution in [3.63, 3.8) is 0 Å². The van der Waals surface area contributed by atoms with Crippen molar-refractivity contribution >= 4 is 27.3 Å². The van der Waals surface area contributed by atoms with Gasteiger partial charge in [-0.25, -0.2) is 17.9 Å². The van der Waals surface area contributed by atoms with Crippen LogP contribution in [0.15, 0.2) is 15.7 Å². The van der Waals surface area contributed by atoms with Gasteiger partial charge in [0.25, 0.3) is 10.0 Å². The molecule has 2 heterocycles. The first-order valence-corrected chi connectivity index (χ1v) is 7.62. The molecule has 1 aromatic rings. The molecular weight excluding hydrogens is 278 g/mol. The summed E-state index contributed by atoms with van der Waals surface area (Å²) in [7, 11) is -3.69. The summed E-state index contributed by atoms with van der Waals surface area (Å²) in [4.78, 5) is 10.7. The molecule has 1 atom stereocenters. The number of carbonyl (C=O) groups is 1. The number of ether oxygens (including phenoxy) is 1. The zero-order valence-corrected chi connectivity index (χ0v) is 11.3. The van der Waals surface area contributed by atoms with Crippen LogP contribution in [0.3, 0.4) is 0 Å². The van der Waals surface area contributed by atoms with Crippen LogP contribution in [0, 0.1) is 0 Å². The first-order valence-electron chi connectivity index (χ1n) is 5.26. The molecule has 0 spiro atoms. The fourth-order valence-corrected chi connectivity index (χ4v) is 4.27. The van der Waals surface area contributed by atoms with Crippen molar-refractivity contribution < 1.29 is 23.1 Å². The molecule has 0 saturated carbocycles. The van der Waals surface area contributed by atoms with Crippen LogP contribution in [0.5, 0.6) is 0 Å². The highest BCUT2D eigenvalue weighted by Gasteiger charge is 2.35. The Bertz CT molecular complexity index is 557. The highest BCUT2D eigenvalue weighted by Crippen LogP contribution is 2.25. The third kappa shape index (κ3) is 2.72. The fraction of sp³-hybridized carbons (Fsp3) is 0.500. The van der Waals surface area contributed by atoms with Gasteiger partial charge in [0, 0.05) is 12.0 Å². The van der Waals surface area contributed by atoms with Crippen LogP contribution in [0.1, 0.15) is 23.7 Å². The molecule has 8 heteroatoms. The summed E-state index contributed by atoms with van der Waals surface area (Å²) in [6, 6.07) is 1.16. The quantitative estimate of drug-likeness (QED) is 0.860. The molecular formula is C10H13NO5S2. The maximum absolute atomic E-state index is 12.1. The van der Waals surface area contributed by atoms with E-state index in [4.69, 9.17) is 9.84 Å². The van der Waals surface area contributed by atoms with E-state index in [1.807, 2.05) is 0 Å². The zero-order valence-electron chi connectivity index (χ0n) is 9.67. The van der Waals surface area contributed by atoms with Crippen LogP contribution >= 0.6 is 11.3 Å². The van der Waals surface area contributed by atoms with Crippen LogP contribution < -0.4 is 4.72 Å². The molecule has 2 rings (SSSR count). The van der Waals surface area contributed by atoms with E-state index in [2.05, 4.69) is 4.72 Å². The summed E-state index contributed by atoms with van der Waals surface area (Å²) in [5.41, 5.74) is -0.639. The molecule has 1 aliphatic rings. The van der Waals surface area contributed by atoms with Crippen molar-refractivity contribution in [1.29, 1.82) is 0 Å². The molecule has 1 aliphatic heterocycles. The molecule has 100 valence electrons. The number of thiophene rings is 1. The normalized spacial score (nSPS) is 24.3. The molecule has 1 unspecified atom stereocenters. The second kappa shape index (κ2) is 4.61. The minimum Gasteiger partial charge on any atom is -0.478 e. The second-order valence-electron chi connectivity index (χ2n) is 4.43. The molecule has 0 aromatic carbocycles. The van der Waals surface area contributed by atoms with E-state index in [-0.39, 0.29) is 9.77 Å². The minimum atomic E-state index is -3.69. The molecule has 1 aromatic heterocycles. The molecule has 0 radical (unpaired) electrons. The highest BCUT2D eigenvalue weighted by atomic mass is 32.2. The summed E-state index contributed by atoms with van der Waals surface area (Å²) in [6.45, 7) is 2.61. The number of nitrogens with one attached hydrogen (secondary N) is 1. The van der Waals surface area contributed by atoms with Crippen molar-refractivity contribution in [2.24, 2.45) is 0 Å². The zero-order chi connectivity index (χ0) is 13.4. The van der Waals surface area contributed by atoms with E-state index in [0.29, 0.717) is 19.6 Å². The van der Waals surface area contributed by atoms with Gasteiger partial charge in [-0.3, -0.25) is 0 Å². The SMILES string of the molecule is CC1(NS(=O)(=O)c2cc(C(=O)O)cs2)CCOC1. The molecule has 0 bridgehead atoms. The second-order valence-corrected chi connectivity index (χ2v) is 7.25. The van der Waals surface area contributed by atoms with Gasteiger partial charge < -0.3 is 9.84 Å². The lowest BCUT2D eigenvalue weighted by Gasteiger charge is -2.22. The first kappa shape index (κ1) is 13.5. The number of aromatic carboxylic acids is 1. The number of hydrogen-bond donors (Lipinski definition) is 2. The van der Waals surface area contributed by atoms with Gasteiger partial charge in [0.1, 0.15) is 4.21 Å². The summed E-state index contributed by atoms with van der Waals surface area (Å²) in [5.74, 6) is -1.14. The Morgan fingerprint density at radius 3 is 2.83 bits per heavy atom. The van der Waals surface area contributed by atoms with Gasteiger partial charge in [-0.1, -0.05) is 0 Å². The molecule has 1 saturated heterocycles. The predicted octanol–water partition coefficient (Wildman–Crippen LogP) is 0.904. The van der Waals surface area contributed by atoms with Gasteiger partial charge >= 0.3 is 5.97 Å². The van der Waals surface area contributed by atoms with Gasteiger partial charge in [0.15, 0.2) is 0 Å². The average Bonchev–Trinajstić information content (AvgIpc) is 2.85. The van der Waals surface area contributed by atoms with Gasteiger partial charge in [-0.05, 0) is 19.4 Å². The van der Waals surface area contributed by atoms with Crippen LogP contribution in [-0.2, 0) is 14.8 Å². The molecule has 0 amide bonds. The molecule has 1 fully saturated rings. The number of carboxylic acid groups (broad SMARTS) is 1. The third-order valence-electron chi connectivity index (χ3n) is 2.69. The Hall–Kier alpha value is -0.960. The van der Waals surface area contributed by atoms with E-state index in [9.17, 15) is 13.2 Å². The first-order chi connectivity index (χ1) is 8.32. The van der Waals surface area contributed by atoms with Crippen LogP contribution in [0.4, 0.5) is 0 Å². The number of rotatable bonds is 4. The van der Waals surface area contributed by atoms with Crippen molar-refractivity contribution in [1.82, 2.24) is 4.72 Å². The highest BCUT2D eigenvalue weighted by molar-refractivity contribution is 7.91. The smallest absolute Gasteiger partial charge is 0.336 e. The summed E-state index contributed by atoms with van der Waals surface area (Å²) in [6.07, 6.45) is 0.601. The monoisotopic (exact) mass is 291 g/mol. The topological polar surface area (TPSA) is 92.7 Å². The van der Waals surface area contributed by atoms with Crippen LogP contribution in [-0.4, -0.2) is 38.2 Å². The van der Waals surface area contributed by atoms with Gasteiger partial charge in [-0.15, -0.1) is 11.3 Å². The largest absolute Gasteiger partial charge is 0.478 e. The summed E-state index contributed by atoms with van der Waals surface area (Å²) < 4.78 is 31.9. The maximum atomic E-state index is 12.1. The molecule has 0 aliphatic carbocycles.